The third-order valence-corrected chi connectivity index (χ3v) is 6.30. The van der Waals surface area contributed by atoms with Crippen LogP contribution >= 0.6 is 0 Å². The highest BCUT2D eigenvalue weighted by Gasteiger charge is 2.48. The van der Waals surface area contributed by atoms with Crippen LogP contribution in [0.3, 0.4) is 0 Å². The van der Waals surface area contributed by atoms with Gasteiger partial charge in [-0.25, -0.2) is 0 Å². The van der Waals surface area contributed by atoms with Crippen molar-refractivity contribution in [1.82, 2.24) is 4.90 Å². The highest BCUT2D eigenvalue weighted by Crippen LogP contribution is 2.49. The molecule has 0 spiro atoms. The van der Waals surface area contributed by atoms with Crippen LogP contribution in [-0.4, -0.2) is 29.1 Å². The normalized spacial score (nSPS) is 36.7. The number of piperidine rings is 1. The van der Waals surface area contributed by atoms with Gasteiger partial charge in [0, 0.05) is 12.6 Å². The van der Waals surface area contributed by atoms with Crippen molar-refractivity contribution in [3.63, 3.8) is 0 Å². The number of likely N-dealkylation sites (tertiary alicyclic amines) is 1. The summed E-state index contributed by atoms with van der Waals surface area (Å²) in [6, 6.07) is 6.74. The van der Waals surface area contributed by atoms with Crippen molar-refractivity contribution < 1.29 is 5.11 Å². The van der Waals surface area contributed by atoms with Gasteiger partial charge >= 0.3 is 0 Å². The lowest BCUT2D eigenvalue weighted by Crippen LogP contribution is -2.58. The molecule has 0 radical (unpaired) electrons. The standard InChI is InChI=1S/C18H25NO/c1-12-17-9-14-5-6-15(20)10-16(14)18(12,2)7-8-19(17)11-13-3-4-13/h5-6,10,12-13,17,20H,3-4,7-9,11H2,1-2H3/t12-,17-,18+/m0/s1. The van der Waals surface area contributed by atoms with Crippen molar-refractivity contribution in [2.75, 3.05) is 13.1 Å². The quantitative estimate of drug-likeness (QED) is 0.892. The van der Waals surface area contributed by atoms with E-state index in [1.54, 1.807) is 0 Å². The van der Waals surface area contributed by atoms with Crippen LogP contribution in [0.4, 0.5) is 0 Å². The maximum Gasteiger partial charge on any atom is 0.115 e. The predicted octanol–water partition coefficient (Wildman–Crippen LogP) is 3.33. The Labute approximate surface area is 121 Å². The first-order valence-corrected chi connectivity index (χ1v) is 8.14. The maximum atomic E-state index is 9.85. The molecule has 3 atom stereocenters. The number of nitrogens with zero attached hydrogens (tertiary/aromatic N) is 1. The summed E-state index contributed by atoms with van der Waals surface area (Å²) in [5, 5.41) is 9.85. The summed E-state index contributed by atoms with van der Waals surface area (Å²) in [6.07, 6.45) is 5.28. The zero-order valence-electron chi connectivity index (χ0n) is 12.6. The van der Waals surface area contributed by atoms with Crippen LogP contribution in [0.15, 0.2) is 18.2 Å². The van der Waals surface area contributed by atoms with Gasteiger partial charge in [-0.2, -0.15) is 0 Å². The smallest absolute Gasteiger partial charge is 0.115 e. The summed E-state index contributed by atoms with van der Waals surface area (Å²) in [7, 11) is 0. The molecule has 3 aliphatic rings. The summed E-state index contributed by atoms with van der Waals surface area (Å²) in [4.78, 5) is 2.76. The summed E-state index contributed by atoms with van der Waals surface area (Å²) < 4.78 is 0. The molecule has 1 heterocycles. The van der Waals surface area contributed by atoms with Crippen molar-refractivity contribution in [3.05, 3.63) is 29.3 Å². The van der Waals surface area contributed by atoms with Gasteiger partial charge in [0.1, 0.15) is 5.75 Å². The van der Waals surface area contributed by atoms with Gasteiger partial charge in [0.25, 0.3) is 0 Å². The van der Waals surface area contributed by atoms with Crippen LogP contribution in [0.5, 0.6) is 5.75 Å². The van der Waals surface area contributed by atoms with Gasteiger partial charge in [0.15, 0.2) is 0 Å². The molecule has 0 unspecified atom stereocenters. The molecular formula is C18H25NO. The van der Waals surface area contributed by atoms with E-state index in [1.165, 1.54) is 49.9 Å². The first-order chi connectivity index (χ1) is 9.58. The number of benzene rings is 1. The molecule has 2 bridgehead atoms. The summed E-state index contributed by atoms with van der Waals surface area (Å²) in [6.45, 7) is 7.39. The average Bonchev–Trinajstić information content (AvgIpc) is 3.22. The van der Waals surface area contributed by atoms with Gasteiger partial charge in [-0.05, 0) is 72.7 Å². The lowest BCUT2D eigenvalue weighted by atomic mass is 9.59. The summed E-state index contributed by atoms with van der Waals surface area (Å²) in [5.74, 6) is 2.09. The van der Waals surface area contributed by atoms with E-state index in [1.807, 2.05) is 12.1 Å². The van der Waals surface area contributed by atoms with Crippen LogP contribution < -0.4 is 0 Å². The second-order valence-corrected chi connectivity index (χ2v) is 7.51. The lowest BCUT2D eigenvalue weighted by Gasteiger charge is -2.54. The highest BCUT2D eigenvalue weighted by atomic mass is 16.3. The number of fused-ring (bicyclic) bond motifs is 4. The van der Waals surface area contributed by atoms with Gasteiger partial charge in [0.05, 0.1) is 0 Å². The Morgan fingerprint density at radius 2 is 2.15 bits per heavy atom. The highest BCUT2D eigenvalue weighted by molar-refractivity contribution is 5.44. The van der Waals surface area contributed by atoms with Crippen LogP contribution in [0.1, 0.15) is 44.2 Å². The lowest BCUT2D eigenvalue weighted by molar-refractivity contribution is 0.0283. The second kappa shape index (κ2) is 4.24. The fourth-order valence-corrected chi connectivity index (χ4v) is 4.55. The maximum absolute atomic E-state index is 9.85. The van der Waals surface area contributed by atoms with E-state index in [4.69, 9.17) is 0 Å². The Morgan fingerprint density at radius 1 is 1.35 bits per heavy atom. The molecule has 1 N–H and O–H groups in total. The number of phenolic OH excluding ortho intramolecular Hbond substituents is 1. The monoisotopic (exact) mass is 271 g/mol. The molecule has 2 aliphatic carbocycles. The minimum atomic E-state index is 0.247. The molecule has 4 rings (SSSR count). The third-order valence-electron chi connectivity index (χ3n) is 6.30. The molecule has 1 aliphatic heterocycles. The Morgan fingerprint density at radius 3 is 2.90 bits per heavy atom. The molecule has 2 fully saturated rings. The van der Waals surface area contributed by atoms with Crippen LogP contribution in [0, 0.1) is 11.8 Å². The zero-order chi connectivity index (χ0) is 13.9. The van der Waals surface area contributed by atoms with E-state index < -0.39 is 0 Å². The topological polar surface area (TPSA) is 23.5 Å². The predicted molar refractivity (Wildman–Crippen MR) is 81.0 cm³/mol. The average molecular weight is 271 g/mol. The van der Waals surface area contributed by atoms with E-state index in [-0.39, 0.29) is 5.41 Å². The second-order valence-electron chi connectivity index (χ2n) is 7.51. The van der Waals surface area contributed by atoms with Gasteiger partial charge in [-0.3, -0.25) is 4.90 Å². The van der Waals surface area contributed by atoms with Gasteiger partial charge in [0.2, 0.25) is 0 Å². The largest absolute Gasteiger partial charge is 0.508 e. The Bertz CT molecular complexity index is 536. The van der Waals surface area contributed by atoms with E-state index in [9.17, 15) is 5.11 Å². The van der Waals surface area contributed by atoms with Crippen molar-refractivity contribution >= 4 is 0 Å². The third kappa shape index (κ3) is 1.81. The van der Waals surface area contributed by atoms with Crippen LogP contribution in [0.25, 0.3) is 0 Å². The molecule has 0 amide bonds. The molecular weight excluding hydrogens is 246 g/mol. The molecule has 1 saturated heterocycles. The number of rotatable bonds is 2. The van der Waals surface area contributed by atoms with Crippen LogP contribution in [0.2, 0.25) is 0 Å². The van der Waals surface area contributed by atoms with Crippen molar-refractivity contribution in [2.45, 2.75) is 51.0 Å². The van der Waals surface area contributed by atoms with Crippen molar-refractivity contribution in [2.24, 2.45) is 11.8 Å². The van der Waals surface area contributed by atoms with Crippen molar-refractivity contribution in [3.8, 4) is 5.75 Å². The number of hydrogen-bond donors (Lipinski definition) is 1. The van der Waals surface area contributed by atoms with Crippen molar-refractivity contribution in [1.29, 1.82) is 0 Å². The minimum Gasteiger partial charge on any atom is -0.508 e. The first kappa shape index (κ1) is 12.7. The Kier molecular flexibility index (Phi) is 2.69. The molecule has 20 heavy (non-hydrogen) atoms. The summed E-state index contributed by atoms with van der Waals surface area (Å²) >= 11 is 0. The minimum absolute atomic E-state index is 0.247. The number of aromatic hydroxyl groups is 1. The van der Waals surface area contributed by atoms with E-state index in [0.717, 1.165) is 5.92 Å². The first-order valence-electron chi connectivity index (χ1n) is 8.14. The Balaban J connectivity index is 1.71. The molecule has 1 saturated carbocycles. The molecule has 0 aromatic heterocycles. The fourth-order valence-electron chi connectivity index (χ4n) is 4.55. The zero-order valence-corrected chi connectivity index (χ0v) is 12.6. The van der Waals surface area contributed by atoms with Crippen LogP contribution in [-0.2, 0) is 11.8 Å². The Hall–Kier alpha value is -1.02. The SMILES string of the molecule is C[C@H]1[C@@H]2Cc3ccc(O)cc3[C@]1(C)CCN2CC1CC1. The molecule has 2 nitrogen and oxygen atoms in total. The molecule has 1 aromatic rings. The molecule has 108 valence electrons. The summed E-state index contributed by atoms with van der Waals surface area (Å²) in [5.41, 5.74) is 3.12. The van der Waals surface area contributed by atoms with E-state index in [0.29, 0.717) is 17.7 Å². The molecule has 2 heteroatoms. The molecule has 1 aromatic carbocycles. The van der Waals surface area contributed by atoms with E-state index >= 15 is 0 Å². The number of hydrogen-bond acceptors (Lipinski definition) is 2. The van der Waals surface area contributed by atoms with Gasteiger partial charge < -0.3 is 5.11 Å². The van der Waals surface area contributed by atoms with Gasteiger partial charge in [-0.15, -0.1) is 0 Å². The number of phenols is 1. The van der Waals surface area contributed by atoms with E-state index in [2.05, 4.69) is 24.8 Å². The fraction of sp³-hybridized carbons (Fsp3) is 0.667. The van der Waals surface area contributed by atoms with Gasteiger partial charge in [-0.1, -0.05) is 19.9 Å².